The summed E-state index contributed by atoms with van der Waals surface area (Å²) in [4.78, 5) is 7.31. The first-order valence-corrected chi connectivity index (χ1v) is 10.8. The van der Waals surface area contributed by atoms with Gasteiger partial charge in [-0.05, 0) is 37.7 Å². The van der Waals surface area contributed by atoms with Crippen LogP contribution in [-0.2, 0) is 10.0 Å². The third-order valence-corrected chi connectivity index (χ3v) is 7.74. The van der Waals surface area contributed by atoms with Gasteiger partial charge in [-0.1, -0.05) is 19.9 Å². The molecule has 0 spiro atoms. The standard InChI is InChI=1S/C18H25N5O2S/c1-3-12-8-13(22-26(24,25)14-4-5-14)9-15(12)11(2)23-16-6-7-20-18(16)21-10-17(23)19/h6-7,10,12-15,19-20,22H,2-5,8-9H2,1H3/t12-,13-,15-/m1/s1. The Balaban J connectivity index is 1.61. The van der Waals surface area contributed by atoms with Crippen molar-refractivity contribution in [2.24, 2.45) is 11.8 Å². The minimum Gasteiger partial charge on any atom is -0.345 e. The minimum atomic E-state index is -3.19. The Morgan fingerprint density at radius 3 is 2.92 bits per heavy atom. The molecule has 2 aromatic rings. The van der Waals surface area contributed by atoms with E-state index in [1.54, 1.807) is 6.20 Å². The van der Waals surface area contributed by atoms with E-state index in [-0.39, 0.29) is 17.2 Å². The summed E-state index contributed by atoms with van der Waals surface area (Å²) in [6, 6.07) is 1.85. The lowest BCUT2D eigenvalue weighted by molar-refractivity contribution is 0.442. The fourth-order valence-electron chi connectivity index (χ4n) is 4.21. The molecular formula is C18H25N5O2S. The van der Waals surface area contributed by atoms with Crippen molar-refractivity contribution in [2.75, 3.05) is 0 Å². The second kappa shape index (κ2) is 6.35. The van der Waals surface area contributed by atoms with Crippen LogP contribution in [0.15, 0.2) is 25.0 Å². The van der Waals surface area contributed by atoms with Gasteiger partial charge in [-0.3, -0.25) is 9.98 Å². The SMILES string of the molecule is C=C([C@H]1C[C@H](NS(=O)(=O)C2CC2)C[C@H]1CC)n1c(=N)cnc2[nH]ccc21. The van der Waals surface area contributed by atoms with Crippen molar-refractivity contribution in [2.45, 2.75) is 50.3 Å². The highest BCUT2D eigenvalue weighted by atomic mass is 32.2. The van der Waals surface area contributed by atoms with E-state index >= 15 is 0 Å². The number of hydrogen-bond acceptors (Lipinski definition) is 4. The van der Waals surface area contributed by atoms with E-state index in [0.717, 1.165) is 49.0 Å². The van der Waals surface area contributed by atoms with Crippen LogP contribution in [0.1, 0.15) is 39.0 Å². The van der Waals surface area contributed by atoms with Gasteiger partial charge in [-0.25, -0.2) is 18.1 Å². The lowest BCUT2D eigenvalue weighted by Crippen LogP contribution is -2.35. The molecule has 140 valence electrons. The Morgan fingerprint density at radius 1 is 1.46 bits per heavy atom. The normalized spacial score (nSPS) is 26.4. The fraction of sp³-hybridized carbons (Fsp3) is 0.556. The van der Waals surface area contributed by atoms with Gasteiger partial charge in [0.15, 0.2) is 5.65 Å². The zero-order valence-electron chi connectivity index (χ0n) is 14.9. The first-order valence-electron chi connectivity index (χ1n) is 9.20. The van der Waals surface area contributed by atoms with E-state index in [1.807, 2.05) is 10.6 Å². The molecule has 2 heterocycles. The molecule has 2 aliphatic rings. The molecule has 0 aliphatic heterocycles. The van der Waals surface area contributed by atoms with Crippen LogP contribution in [0, 0.1) is 17.2 Å². The highest BCUT2D eigenvalue weighted by Crippen LogP contribution is 2.41. The maximum absolute atomic E-state index is 12.3. The summed E-state index contributed by atoms with van der Waals surface area (Å²) < 4.78 is 29.4. The molecule has 7 nitrogen and oxygen atoms in total. The third-order valence-electron chi connectivity index (χ3n) is 5.73. The average Bonchev–Trinajstić information content (AvgIpc) is 3.24. The van der Waals surface area contributed by atoms with Gasteiger partial charge >= 0.3 is 0 Å². The molecule has 8 heteroatoms. The molecule has 0 unspecified atom stereocenters. The largest absolute Gasteiger partial charge is 0.345 e. The lowest BCUT2D eigenvalue weighted by Gasteiger charge is -2.23. The molecule has 0 bridgehead atoms. The quantitative estimate of drug-likeness (QED) is 0.721. The summed E-state index contributed by atoms with van der Waals surface area (Å²) in [5.74, 6) is 0.491. The van der Waals surface area contributed by atoms with Gasteiger partial charge < -0.3 is 4.98 Å². The number of sulfonamides is 1. The van der Waals surface area contributed by atoms with Crippen LogP contribution in [0.4, 0.5) is 0 Å². The molecule has 4 rings (SSSR count). The van der Waals surface area contributed by atoms with Gasteiger partial charge in [0.1, 0.15) is 5.49 Å². The maximum atomic E-state index is 12.3. The predicted octanol–water partition coefficient (Wildman–Crippen LogP) is 2.20. The first kappa shape index (κ1) is 17.5. The first-order chi connectivity index (χ1) is 12.4. The van der Waals surface area contributed by atoms with E-state index in [4.69, 9.17) is 5.41 Å². The Bertz CT molecular complexity index is 1000. The third kappa shape index (κ3) is 3.01. The van der Waals surface area contributed by atoms with Gasteiger partial charge in [0.2, 0.25) is 10.0 Å². The van der Waals surface area contributed by atoms with Crippen LogP contribution in [0.2, 0.25) is 0 Å². The smallest absolute Gasteiger partial charge is 0.214 e. The number of fused-ring (bicyclic) bond motifs is 1. The van der Waals surface area contributed by atoms with Crippen LogP contribution in [0.25, 0.3) is 16.9 Å². The Hall–Kier alpha value is -1.93. The molecule has 0 amide bonds. The summed E-state index contributed by atoms with van der Waals surface area (Å²) in [7, 11) is -3.19. The van der Waals surface area contributed by atoms with Gasteiger partial charge in [0.25, 0.3) is 0 Å². The summed E-state index contributed by atoms with van der Waals surface area (Å²) >= 11 is 0. The number of aromatic nitrogens is 3. The molecule has 26 heavy (non-hydrogen) atoms. The second-order valence-corrected chi connectivity index (χ2v) is 9.48. The second-order valence-electron chi connectivity index (χ2n) is 7.49. The van der Waals surface area contributed by atoms with Crippen molar-refractivity contribution in [3.8, 4) is 0 Å². The molecule has 0 aromatic carbocycles. The maximum Gasteiger partial charge on any atom is 0.214 e. The summed E-state index contributed by atoms with van der Waals surface area (Å²) in [6.45, 7) is 6.43. The summed E-state index contributed by atoms with van der Waals surface area (Å²) in [5, 5.41) is 8.09. The number of rotatable bonds is 6. The minimum absolute atomic E-state index is 0.0503. The monoisotopic (exact) mass is 375 g/mol. The summed E-state index contributed by atoms with van der Waals surface area (Å²) in [6.07, 6.45) is 7.38. The fourth-order valence-corrected chi connectivity index (χ4v) is 5.82. The van der Waals surface area contributed by atoms with Crippen LogP contribution in [-0.4, -0.2) is 34.2 Å². The highest BCUT2D eigenvalue weighted by molar-refractivity contribution is 7.90. The molecule has 0 saturated heterocycles. The van der Waals surface area contributed by atoms with Gasteiger partial charge in [0, 0.05) is 23.9 Å². The molecule has 2 fully saturated rings. The van der Waals surface area contributed by atoms with E-state index in [9.17, 15) is 8.42 Å². The van der Waals surface area contributed by atoms with Crippen molar-refractivity contribution in [1.82, 2.24) is 19.3 Å². The Morgan fingerprint density at radius 2 is 2.23 bits per heavy atom. The van der Waals surface area contributed by atoms with Crippen molar-refractivity contribution >= 4 is 26.9 Å². The molecule has 2 aliphatic carbocycles. The van der Waals surface area contributed by atoms with Gasteiger partial charge in [-0.15, -0.1) is 0 Å². The Labute approximate surface area is 153 Å². The average molecular weight is 375 g/mol. The van der Waals surface area contributed by atoms with Crippen molar-refractivity contribution < 1.29 is 8.42 Å². The van der Waals surface area contributed by atoms with Crippen LogP contribution >= 0.6 is 0 Å². The predicted molar refractivity (Wildman–Crippen MR) is 101 cm³/mol. The van der Waals surface area contributed by atoms with Crippen molar-refractivity contribution in [3.63, 3.8) is 0 Å². The summed E-state index contributed by atoms with van der Waals surface area (Å²) in [5.41, 5.74) is 2.69. The number of aromatic amines is 1. The Kier molecular flexibility index (Phi) is 4.27. The molecular weight excluding hydrogens is 350 g/mol. The van der Waals surface area contributed by atoms with E-state index in [1.165, 1.54) is 6.20 Å². The molecule has 2 saturated carbocycles. The van der Waals surface area contributed by atoms with Crippen LogP contribution in [0.5, 0.6) is 0 Å². The molecule has 3 N–H and O–H groups in total. The molecule has 0 radical (unpaired) electrons. The number of hydrogen-bond donors (Lipinski definition) is 3. The van der Waals surface area contributed by atoms with Crippen molar-refractivity contribution in [1.29, 1.82) is 5.41 Å². The number of allylic oxidation sites excluding steroid dienone is 1. The molecule has 3 atom stereocenters. The molecule has 2 aromatic heterocycles. The lowest BCUT2D eigenvalue weighted by atomic mass is 9.91. The number of H-pyrrole nitrogens is 1. The number of nitrogens with zero attached hydrogens (tertiary/aromatic N) is 2. The van der Waals surface area contributed by atoms with Gasteiger partial charge in [0.05, 0.1) is 17.0 Å². The zero-order chi connectivity index (χ0) is 18.5. The van der Waals surface area contributed by atoms with E-state index in [0.29, 0.717) is 11.4 Å². The highest BCUT2D eigenvalue weighted by Gasteiger charge is 2.41. The topological polar surface area (TPSA) is 104 Å². The van der Waals surface area contributed by atoms with Crippen LogP contribution < -0.4 is 10.2 Å². The number of nitrogens with one attached hydrogen (secondary N) is 3. The van der Waals surface area contributed by atoms with Crippen molar-refractivity contribution in [3.05, 3.63) is 30.5 Å². The van der Waals surface area contributed by atoms with Crippen LogP contribution in [0.3, 0.4) is 0 Å². The zero-order valence-corrected chi connectivity index (χ0v) is 15.7. The van der Waals surface area contributed by atoms with Gasteiger partial charge in [-0.2, -0.15) is 0 Å². The van der Waals surface area contributed by atoms with E-state index in [2.05, 4.69) is 28.2 Å². The van der Waals surface area contributed by atoms with E-state index < -0.39 is 10.0 Å².